The maximum Gasteiger partial charge on any atom is 0.414 e. The predicted octanol–water partition coefficient (Wildman–Crippen LogP) is 1.95. The molecule has 1 amide bonds. The molecule has 2 saturated heterocycles. The predicted molar refractivity (Wildman–Crippen MR) is 92.1 cm³/mol. The van der Waals surface area contributed by atoms with Gasteiger partial charge in [-0.25, -0.2) is 4.79 Å². The highest BCUT2D eigenvalue weighted by atomic mass is 16.6. The van der Waals surface area contributed by atoms with E-state index in [1.807, 2.05) is 24.3 Å². The second-order valence-electron chi connectivity index (χ2n) is 6.00. The second-order valence-corrected chi connectivity index (χ2v) is 6.00. The van der Waals surface area contributed by atoms with Crippen molar-refractivity contribution in [3.63, 3.8) is 0 Å². The van der Waals surface area contributed by atoms with Crippen LogP contribution in [0.5, 0.6) is 0 Å². The molecular formula is C17H20N4O4. The van der Waals surface area contributed by atoms with Gasteiger partial charge in [-0.2, -0.15) is 0 Å². The largest absolute Gasteiger partial charge is 0.442 e. The molecule has 132 valence electrons. The van der Waals surface area contributed by atoms with Crippen molar-refractivity contribution in [2.24, 2.45) is 0 Å². The minimum atomic E-state index is -0.328. The first-order chi connectivity index (χ1) is 12.3. The summed E-state index contributed by atoms with van der Waals surface area (Å²) >= 11 is 0. The van der Waals surface area contributed by atoms with E-state index in [0.717, 1.165) is 37.7 Å². The maximum absolute atomic E-state index is 12.1. The number of morpholine rings is 1. The van der Waals surface area contributed by atoms with E-state index in [4.69, 9.17) is 14.0 Å². The SMILES string of the molecule is O=C1O[C@@H](CNc2ccon2)CN1c1ccc(N2CCOCC2)cc1. The molecule has 2 fully saturated rings. The van der Waals surface area contributed by atoms with Crippen LogP contribution in [-0.4, -0.2) is 56.7 Å². The molecule has 0 saturated carbocycles. The third-order valence-corrected chi connectivity index (χ3v) is 4.36. The number of nitrogens with zero attached hydrogens (tertiary/aromatic N) is 3. The summed E-state index contributed by atoms with van der Waals surface area (Å²) in [6.45, 7) is 4.27. The average molecular weight is 344 g/mol. The van der Waals surface area contributed by atoms with Crippen molar-refractivity contribution in [1.29, 1.82) is 0 Å². The average Bonchev–Trinajstić information content (AvgIpc) is 3.30. The molecule has 0 unspecified atom stereocenters. The lowest BCUT2D eigenvalue weighted by Crippen LogP contribution is -2.36. The van der Waals surface area contributed by atoms with Crippen LogP contribution in [0.3, 0.4) is 0 Å². The van der Waals surface area contributed by atoms with Gasteiger partial charge in [0.15, 0.2) is 5.82 Å². The van der Waals surface area contributed by atoms with Gasteiger partial charge in [0.25, 0.3) is 0 Å². The number of benzene rings is 1. The Morgan fingerprint density at radius 3 is 2.60 bits per heavy atom. The minimum Gasteiger partial charge on any atom is -0.442 e. The van der Waals surface area contributed by atoms with Gasteiger partial charge in [0.05, 0.1) is 26.3 Å². The second kappa shape index (κ2) is 7.02. The number of amides is 1. The van der Waals surface area contributed by atoms with Crippen LogP contribution in [0, 0.1) is 0 Å². The van der Waals surface area contributed by atoms with Gasteiger partial charge in [0.1, 0.15) is 12.4 Å². The van der Waals surface area contributed by atoms with E-state index in [1.54, 1.807) is 11.0 Å². The smallest absolute Gasteiger partial charge is 0.414 e. The van der Waals surface area contributed by atoms with Gasteiger partial charge >= 0.3 is 6.09 Å². The van der Waals surface area contributed by atoms with Crippen LogP contribution in [0.1, 0.15) is 0 Å². The van der Waals surface area contributed by atoms with Crippen LogP contribution >= 0.6 is 0 Å². The van der Waals surface area contributed by atoms with Gasteiger partial charge in [-0.05, 0) is 24.3 Å². The molecular weight excluding hydrogens is 324 g/mol. The fourth-order valence-corrected chi connectivity index (χ4v) is 3.03. The molecule has 2 aliphatic heterocycles. The molecule has 25 heavy (non-hydrogen) atoms. The third-order valence-electron chi connectivity index (χ3n) is 4.36. The summed E-state index contributed by atoms with van der Waals surface area (Å²) in [5.74, 6) is 0.629. The maximum atomic E-state index is 12.1. The van der Waals surface area contributed by atoms with E-state index in [2.05, 4.69) is 15.4 Å². The molecule has 1 aromatic carbocycles. The van der Waals surface area contributed by atoms with Crippen LogP contribution in [0.25, 0.3) is 0 Å². The lowest BCUT2D eigenvalue weighted by atomic mass is 10.2. The molecule has 0 bridgehead atoms. The van der Waals surface area contributed by atoms with Gasteiger partial charge in [0, 0.05) is 30.5 Å². The molecule has 1 atom stereocenters. The molecule has 1 N–H and O–H groups in total. The molecule has 2 aromatic rings. The number of hydrogen-bond acceptors (Lipinski definition) is 7. The fraction of sp³-hybridized carbons (Fsp3) is 0.412. The van der Waals surface area contributed by atoms with E-state index >= 15 is 0 Å². The monoisotopic (exact) mass is 344 g/mol. The third kappa shape index (κ3) is 3.53. The van der Waals surface area contributed by atoms with E-state index in [-0.39, 0.29) is 12.2 Å². The zero-order valence-corrected chi connectivity index (χ0v) is 13.8. The van der Waals surface area contributed by atoms with Crippen LogP contribution in [0.4, 0.5) is 22.0 Å². The van der Waals surface area contributed by atoms with Crippen molar-refractivity contribution in [3.05, 3.63) is 36.6 Å². The molecule has 3 heterocycles. The van der Waals surface area contributed by atoms with Crippen molar-refractivity contribution in [2.45, 2.75) is 6.10 Å². The Hall–Kier alpha value is -2.74. The first-order valence-corrected chi connectivity index (χ1v) is 8.35. The van der Waals surface area contributed by atoms with Gasteiger partial charge in [-0.15, -0.1) is 0 Å². The number of ether oxygens (including phenoxy) is 2. The van der Waals surface area contributed by atoms with Crippen molar-refractivity contribution in [3.8, 4) is 0 Å². The lowest BCUT2D eigenvalue weighted by Gasteiger charge is -2.29. The van der Waals surface area contributed by atoms with E-state index in [1.165, 1.54) is 6.26 Å². The van der Waals surface area contributed by atoms with Crippen LogP contribution in [-0.2, 0) is 9.47 Å². The van der Waals surface area contributed by atoms with Crippen LogP contribution in [0.2, 0.25) is 0 Å². The molecule has 8 nitrogen and oxygen atoms in total. The number of anilines is 3. The zero-order chi connectivity index (χ0) is 17.1. The molecule has 0 aliphatic carbocycles. The Balaban J connectivity index is 1.37. The number of rotatable bonds is 5. The molecule has 4 rings (SSSR count). The number of cyclic esters (lactones) is 1. The Kier molecular flexibility index (Phi) is 4.43. The summed E-state index contributed by atoms with van der Waals surface area (Å²) in [5, 5.41) is 6.86. The highest BCUT2D eigenvalue weighted by molar-refractivity contribution is 5.90. The minimum absolute atomic E-state index is 0.233. The van der Waals surface area contributed by atoms with Crippen molar-refractivity contribution in [2.75, 3.05) is 54.5 Å². The summed E-state index contributed by atoms with van der Waals surface area (Å²) in [6.07, 6.45) is 0.930. The summed E-state index contributed by atoms with van der Waals surface area (Å²) in [6, 6.07) is 9.71. The Morgan fingerprint density at radius 2 is 1.88 bits per heavy atom. The Labute approximate surface area is 145 Å². The first kappa shape index (κ1) is 15.8. The quantitative estimate of drug-likeness (QED) is 0.888. The van der Waals surface area contributed by atoms with E-state index in [0.29, 0.717) is 18.9 Å². The van der Waals surface area contributed by atoms with Gasteiger partial charge < -0.3 is 24.2 Å². The van der Waals surface area contributed by atoms with Crippen LogP contribution in [0.15, 0.2) is 41.1 Å². The number of carbonyl (C=O) groups excluding carboxylic acids is 1. The van der Waals surface area contributed by atoms with Crippen molar-refractivity contribution in [1.82, 2.24) is 5.16 Å². The number of nitrogens with one attached hydrogen (secondary N) is 1. The molecule has 0 spiro atoms. The number of hydrogen-bond donors (Lipinski definition) is 1. The highest BCUT2D eigenvalue weighted by Crippen LogP contribution is 2.25. The van der Waals surface area contributed by atoms with Crippen LogP contribution < -0.4 is 15.1 Å². The van der Waals surface area contributed by atoms with E-state index in [9.17, 15) is 4.79 Å². The topological polar surface area (TPSA) is 80.1 Å². The summed E-state index contributed by atoms with van der Waals surface area (Å²) in [5.41, 5.74) is 1.98. The Bertz CT molecular complexity index is 698. The summed E-state index contributed by atoms with van der Waals surface area (Å²) in [4.78, 5) is 16.1. The molecule has 1 aromatic heterocycles. The highest BCUT2D eigenvalue weighted by Gasteiger charge is 2.32. The van der Waals surface area contributed by atoms with Crippen molar-refractivity contribution >= 4 is 23.3 Å². The summed E-state index contributed by atoms with van der Waals surface area (Å²) in [7, 11) is 0. The zero-order valence-electron chi connectivity index (χ0n) is 13.8. The molecule has 2 aliphatic rings. The normalized spacial score (nSPS) is 20.6. The summed E-state index contributed by atoms with van der Waals surface area (Å²) < 4.78 is 15.5. The lowest BCUT2D eigenvalue weighted by molar-refractivity contribution is 0.122. The Morgan fingerprint density at radius 1 is 1.12 bits per heavy atom. The molecule has 0 radical (unpaired) electrons. The number of carbonyl (C=O) groups is 1. The van der Waals surface area contributed by atoms with Gasteiger partial charge in [-0.3, -0.25) is 4.90 Å². The van der Waals surface area contributed by atoms with Gasteiger partial charge in [-0.1, -0.05) is 5.16 Å². The van der Waals surface area contributed by atoms with E-state index < -0.39 is 0 Å². The number of aromatic nitrogens is 1. The first-order valence-electron chi connectivity index (χ1n) is 8.35. The fourth-order valence-electron chi connectivity index (χ4n) is 3.03. The van der Waals surface area contributed by atoms with Gasteiger partial charge in [0.2, 0.25) is 0 Å². The molecule has 8 heteroatoms. The standard InChI is InChI=1S/C17H20N4O4/c22-17-21(12-15(25-17)11-18-16-5-8-24-19-16)14-3-1-13(2-4-14)20-6-9-23-10-7-20/h1-5,8,15H,6-7,9-12H2,(H,18,19)/t15-/m0/s1. The van der Waals surface area contributed by atoms with Crippen molar-refractivity contribution < 1.29 is 18.8 Å².